The second-order valence-electron chi connectivity index (χ2n) is 17.2. The summed E-state index contributed by atoms with van der Waals surface area (Å²) < 4.78 is 17.3. The van der Waals surface area contributed by atoms with Crippen molar-refractivity contribution in [2.45, 2.75) is 27.7 Å². The van der Waals surface area contributed by atoms with Crippen LogP contribution in [0.25, 0.3) is 67.7 Å². The maximum Gasteiger partial charge on any atom is 0.255 e. The third-order valence-corrected chi connectivity index (χ3v) is 12.0. The Morgan fingerprint density at radius 3 is 1.85 bits per heavy atom. The Balaban J connectivity index is 0.000000167. The molecule has 5 aromatic heterocycles. The van der Waals surface area contributed by atoms with Crippen LogP contribution in [-0.2, 0) is 0 Å². The lowest BCUT2D eigenvalue weighted by atomic mass is 10.0. The van der Waals surface area contributed by atoms with E-state index in [-0.39, 0.29) is 17.6 Å². The Morgan fingerprint density at radius 1 is 0.493 bits per heavy atom. The molecule has 12 heteroatoms. The van der Waals surface area contributed by atoms with Crippen molar-refractivity contribution in [1.82, 2.24) is 33.7 Å². The smallest absolute Gasteiger partial charge is 0.255 e. The highest BCUT2D eigenvalue weighted by atomic mass is 19.1. The van der Waals surface area contributed by atoms with E-state index < -0.39 is 0 Å². The molecule has 2 amide bonds. The number of aromatic nitrogens is 7. The third-order valence-electron chi connectivity index (χ3n) is 12.0. The number of imidazole rings is 2. The summed E-state index contributed by atoms with van der Waals surface area (Å²) in [4.78, 5) is 49.5. The number of benzene rings is 6. The predicted octanol–water partition coefficient (Wildman–Crippen LogP) is 13.1. The number of hydrogen-bond acceptors (Lipinski definition) is 7. The van der Waals surface area contributed by atoms with E-state index in [1.165, 1.54) is 24.3 Å². The van der Waals surface area contributed by atoms with E-state index in [1.807, 2.05) is 122 Å². The molecule has 2 N–H and O–H groups in total. The fourth-order valence-corrected chi connectivity index (χ4v) is 8.46. The summed E-state index contributed by atoms with van der Waals surface area (Å²) in [7, 11) is 0. The Labute approximate surface area is 409 Å². The maximum absolute atomic E-state index is 13.3. The highest BCUT2D eigenvalue weighted by Gasteiger charge is 2.21. The normalized spacial score (nSPS) is 11.0. The fraction of sp³-hybridized carbons (Fsp3) is 0.0678. The Bertz CT molecular complexity index is 3750. The van der Waals surface area contributed by atoms with E-state index in [0.29, 0.717) is 16.8 Å². The maximum atomic E-state index is 13.3. The summed E-state index contributed by atoms with van der Waals surface area (Å²) in [6, 6.07) is 48.9. The van der Waals surface area contributed by atoms with Gasteiger partial charge in [0, 0.05) is 75.7 Å². The number of nitrogens with one attached hydrogen (secondary N) is 2. The highest BCUT2D eigenvalue weighted by Crippen LogP contribution is 2.36. The van der Waals surface area contributed by atoms with Gasteiger partial charge in [-0.2, -0.15) is 0 Å². The molecular formula is C59H46FN9O2. The van der Waals surface area contributed by atoms with Crippen molar-refractivity contribution in [1.29, 1.82) is 0 Å². The molecule has 0 saturated heterocycles. The third kappa shape index (κ3) is 9.68. The van der Waals surface area contributed by atoms with Gasteiger partial charge >= 0.3 is 0 Å². The molecule has 0 aliphatic carbocycles. The molecule has 346 valence electrons. The van der Waals surface area contributed by atoms with Crippen LogP contribution in [0.2, 0.25) is 0 Å². The molecular weight excluding hydrogens is 886 g/mol. The molecule has 5 heterocycles. The van der Waals surface area contributed by atoms with Crippen molar-refractivity contribution in [3.8, 4) is 56.7 Å². The molecule has 0 aliphatic heterocycles. The van der Waals surface area contributed by atoms with Crippen molar-refractivity contribution < 1.29 is 14.0 Å². The van der Waals surface area contributed by atoms with E-state index >= 15 is 0 Å². The molecule has 6 aromatic carbocycles. The first kappa shape index (κ1) is 45.4. The molecule has 0 spiro atoms. The van der Waals surface area contributed by atoms with Gasteiger partial charge in [0.25, 0.3) is 11.8 Å². The molecule has 0 bridgehead atoms. The van der Waals surface area contributed by atoms with E-state index in [1.54, 1.807) is 30.9 Å². The highest BCUT2D eigenvalue weighted by molar-refractivity contribution is 6.07. The second kappa shape index (κ2) is 19.7. The second-order valence-corrected chi connectivity index (χ2v) is 17.2. The number of rotatable bonds is 9. The zero-order valence-corrected chi connectivity index (χ0v) is 39.3. The van der Waals surface area contributed by atoms with Crippen molar-refractivity contribution in [3.63, 3.8) is 0 Å². The predicted molar refractivity (Wildman–Crippen MR) is 279 cm³/mol. The van der Waals surface area contributed by atoms with Crippen LogP contribution < -0.4 is 10.6 Å². The first-order valence-electron chi connectivity index (χ1n) is 23.0. The van der Waals surface area contributed by atoms with E-state index in [9.17, 15) is 14.0 Å². The van der Waals surface area contributed by atoms with Crippen LogP contribution in [0.3, 0.4) is 0 Å². The number of carbonyl (C=O) groups is 2. The molecule has 0 saturated carbocycles. The van der Waals surface area contributed by atoms with E-state index in [2.05, 4.69) is 80.2 Å². The zero-order chi connectivity index (χ0) is 49.0. The van der Waals surface area contributed by atoms with Gasteiger partial charge in [-0.05, 0) is 112 Å². The number of anilines is 2. The van der Waals surface area contributed by atoms with Crippen LogP contribution in [0.5, 0.6) is 0 Å². The van der Waals surface area contributed by atoms with E-state index in [0.717, 1.165) is 95.7 Å². The SMILES string of the molecule is Cc1ccc(NC(=O)c2cc(-c3nccn4c(-c5ccccn5)ncc34)ccc2C)cc1.Cc1cccc(-c2nc(-c3cccc(C)c3)n3ccnc(-c4cccc(C(=O)Nc5ccc(F)cc5)c4)c23)c1. The Hall–Kier alpha value is -9.42. The van der Waals surface area contributed by atoms with Crippen LogP contribution in [0.15, 0.2) is 195 Å². The van der Waals surface area contributed by atoms with Crippen LogP contribution in [0.1, 0.15) is 43.0 Å². The molecule has 71 heavy (non-hydrogen) atoms. The molecule has 11 aromatic rings. The van der Waals surface area contributed by atoms with E-state index in [4.69, 9.17) is 9.97 Å². The fourth-order valence-electron chi connectivity index (χ4n) is 8.46. The molecule has 0 unspecified atom stereocenters. The largest absolute Gasteiger partial charge is 0.322 e. The molecule has 0 aliphatic rings. The van der Waals surface area contributed by atoms with Crippen molar-refractivity contribution >= 4 is 34.2 Å². The van der Waals surface area contributed by atoms with Crippen molar-refractivity contribution in [2.75, 3.05) is 10.6 Å². The van der Waals surface area contributed by atoms with Crippen molar-refractivity contribution in [3.05, 3.63) is 234 Å². The Morgan fingerprint density at radius 2 is 1.13 bits per heavy atom. The standard InChI is InChI=1S/C33H25FN4O.C26H21N5O/c1-21-6-3-8-23(18-21)30-31-29(35-16-17-38(31)32(37-30)25-10-4-7-22(2)19-25)24-9-5-11-26(20-24)33(39)36-28-14-12-27(34)13-15-28;1-17-6-10-20(11-7-17)30-26(32)21-15-19(9-8-18(21)2)24-23-16-29-25(31(23)14-13-28-24)22-5-3-4-12-27-22/h3-20H,1-2H3,(H,36,39);3-16H,1-2H3,(H,30,32). The number of hydrogen-bond donors (Lipinski definition) is 2. The lowest BCUT2D eigenvalue weighted by Crippen LogP contribution is -2.13. The summed E-state index contributed by atoms with van der Waals surface area (Å²) in [5.41, 5.74) is 15.1. The number of halogens is 1. The minimum atomic E-state index is -0.357. The summed E-state index contributed by atoms with van der Waals surface area (Å²) in [6.45, 7) is 8.07. The summed E-state index contributed by atoms with van der Waals surface area (Å²) in [5, 5.41) is 5.81. The molecule has 11 rings (SSSR count). The number of nitrogens with zero attached hydrogens (tertiary/aromatic N) is 7. The molecule has 0 fully saturated rings. The van der Waals surface area contributed by atoms with Crippen LogP contribution in [0, 0.1) is 33.5 Å². The molecule has 0 radical (unpaired) electrons. The molecule has 11 nitrogen and oxygen atoms in total. The lowest BCUT2D eigenvalue weighted by Gasteiger charge is -2.11. The number of pyridine rings is 1. The Kier molecular flexibility index (Phi) is 12.6. The summed E-state index contributed by atoms with van der Waals surface area (Å²) in [6.07, 6.45) is 10.8. The van der Waals surface area contributed by atoms with Gasteiger partial charge in [0.2, 0.25) is 0 Å². The lowest BCUT2D eigenvalue weighted by molar-refractivity contribution is 0.101. The number of carbonyl (C=O) groups excluding carboxylic acids is 2. The van der Waals surface area contributed by atoms with Gasteiger partial charge < -0.3 is 10.6 Å². The first-order chi connectivity index (χ1) is 34.6. The van der Waals surface area contributed by atoms with Crippen LogP contribution in [-0.4, -0.2) is 45.5 Å². The van der Waals surface area contributed by atoms with Crippen LogP contribution in [0.4, 0.5) is 15.8 Å². The summed E-state index contributed by atoms with van der Waals surface area (Å²) >= 11 is 0. The van der Waals surface area contributed by atoms with Gasteiger partial charge in [-0.15, -0.1) is 0 Å². The van der Waals surface area contributed by atoms with Crippen molar-refractivity contribution in [2.24, 2.45) is 0 Å². The monoisotopic (exact) mass is 931 g/mol. The minimum Gasteiger partial charge on any atom is -0.322 e. The zero-order valence-electron chi connectivity index (χ0n) is 39.3. The van der Waals surface area contributed by atoms with Gasteiger partial charge in [0.1, 0.15) is 17.3 Å². The summed E-state index contributed by atoms with van der Waals surface area (Å²) in [5.74, 6) is 0.767. The average Bonchev–Trinajstić information content (AvgIpc) is 4.01. The first-order valence-corrected chi connectivity index (χ1v) is 23.0. The number of fused-ring (bicyclic) bond motifs is 2. The van der Waals surface area contributed by atoms with Gasteiger partial charge in [0.15, 0.2) is 5.82 Å². The number of aryl methyl sites for hydroxylation is 4. The quantitative estimate of drug-likeness (QED) is 0.147. The number of amides is 2. The van der Waals surface area contributed by atoms with Gasteiger partial charge in [-0.3, -0.25) is 33.3 Å². The topological polar surface area (TPSA) is 131 Å². The van der Waals surface area contributed by atoms with Gasteiger partial charge in [-0.25, -0.2) is 14.4 Å². The average molecular weight is 932 g/mol. The van der Waals surface area contributed by atoms with Gasteiger partial charge in [0.05, 0.1) is 34.3 Å². The van der Waals surface area contributed by atoms with Gasteiger partial charge in [-0.1, -0.05) is 95.6 Å². The minimum absolute atomic E-state index is 0.150. The van der Waals surface area contributed by atoms with Crippen LogP contribution >= 0.6 is 0 Å². The molecule has 0 atom stereocenters.